The quantitative estimate of drug-likeness (QED) is 0.374. The predicted octanol–water partition coefficient (Wildman–Crippen LogP) is 3.24. The van der Waals surface area contributed by atoms with Crippen molar-refractivity contribution in [3.05, 3.63) is 77.3 Å². The van der Waals surface area contributed by atoms with Crippen molar-refractivity contribution < 1.29 is 23.9 Å². The number of allylic oxidation sites excluding steroid dienone is 2. The zero-order valence-electron chi connectivity index (χ0n) is 18.2. The maximum Gasteiger partial charge on any atom is 0.330 e. The number of nitrogens with zero attached hydrogens (tertiary/aromatic N) is 1. The number of amides is 3. The van der Waals surface area contributed by atoms with Crippen LogP contribution in [-0.4, -0.2) is 41.2 Å². The normalized spacial score (nSPS) is 25.4. The van der Waals surface area contributed by atoms with Gasteiger partial charge in [-0.25, -0.2) is 4.79 Å². The monoisotopic (exact) mass is 478 g/mol. The smallest absolute Gasteiger partial charge is 0.330 e. The molecular weight excluding hydrogens is 456 g/mol. The molecule has 8 heteroatoms. The fourth-order valence-electron chi connectivity index (χ4n) is 5.35. The number of likely N-dealkylation sites (tertiary alicyclic amines) is 1. The van der Waals surface area contributed by atoms with Crippen molar-refractivity contribution in [3.63, 3.8) is 0 Å². The van der Waals surface area contributed by atoms with E-state index in [2.05, 4.69) is 5.32 Å². The van der Waals surface area contributed by atoms with E-state index >= 15 is 0 Å². The third-order valence-corrected chi connectivity index (χ3v) is 7.05. The van der Waals surface area contributed by atoms with Crippen LogP contribution in [0.1, 0.15) is 12.0 Å². The van der Waals surface area contributed by atoms with Crippen LogP contribution < -0.4 is 5.32 Å². The van der Waals surface area contributed by atoms with Crippen LogP contribution in [0.25, 0.3) is 0 Å². The average Bonchev–Trinajstić information content (AvgIpc) is 3.51. The number of esters is 1. The van der Waals surface area contributed by atoms with Gasteiger partial charge in [0, 0.05) is 17.1 Å². The van der Waals surface area contributed by atoms with Crippen LogP contribution in [0, 0.1) is 23.7 Å². The molecule has 1 N–H and O–H groups in total. The third kappa shape index (κ3) is 4.12. The summed E-state index contributed by atoms with van der Waals surface area (Å²) >= 11 is 5.93. The molecule has 5 atom stereocenters. The van der Waals surface area contributed by atoms with Crippen LogP contribution in [0.4, 0.5) is 5.69 Å². The van der Waals surface area contributed by atoms with Crippen molar-refractivity contribution >= 4 is 41.0 Å². The molecule has 174 valence electrons. The number of ether oxygens (including phenoxy) is 1. The second-order valence-corrected chi connectivity index (χ2v) is 9.35. The molecule has 0 radical (unpaired) electrons. The van der Waals surface area contributed by atoms with Gasteiger partial charge in [0.15, 0.2) is 6.61 Å². The zero-order valence-corrected chi connectivity index (χ0v) is 19.0. The molecule has 3 amide bonds. The lowest BCUT2D eigenvalue weighted by Crippen LogP contribution is -2.48. The van der Waals surface area contributed by atoms with Gasteiger partial charge in [-0.3, -0.25) is 19.3 Å². The predicted molar refractivity (Wildman–Crippen MR) is 125 cm³/mol. The van der Waals surface area contributed by atoms with Gasteiger partial charge in [-0.15, -0.1) is 0 Å². The fraction of sp³-hybridized carbons (Fsp3) is 0.308. The number of carbonyl (C=O) groups excluding carboxylic acids is 4. The van der Waals surface area contributed by atoms with Gasteiger partial charge in [0.25, 0.3) is 5.91 Å². The molecular formula is C26H23ClN2O5. The molecule has 1 saturated carbocycles. The maximum atomic E-state index is 13.3. The van der Waals surface area contributed by atoms with E-state index in [-0.39, 0.29) is 30.1 Å². The van der Waals surface area contributed by atoms with E-state index in [0.29, 0.717) is 10.7 Å². The second kappa shape index (κ2) is 9.06. The van der Waals surface area contributed by atoms with Crippen LogP contribution >= 0.6 is 11.6 Å². The molecule has 1 aliphatic heterocycles. The van der Waals surface area contributed by atoms with Crippen molar-refractivity contribution in [1.82, 2.24) is 4.90 Å². The minimum Gasteiger partial charge on any atom is -0.454 e. The number of benzene rings is 2. The van der Waals surface area contributed by atoms with Gasteiger partial charge < -0.3 is 10.1 Å². The Balaban J connectivity index is 1.32. The minimum absolute atomic E-state index is 0.0355. The van der Waals surface area contributed by atoms with Crippen LogP contribution in [0.5, 0.6) is 0 Å². The molecule has 3 aliphatic rings. The standard InChI is InChI=1S/C26H23ClN2O5/c27-18-7-4-8-19(13-18)28-21(30)14-34-26(33)20(11-15-5-2-1-3-6-15)29-24(31)22-16-9-10-17(12-16)23(22)25(29)32/h1-10,13,16-17,20,22-23H,11-12,14H2,(H,28,30)/t16-,17-,20-,22-,23+/m0/s1. The van der Waals surface area contributed by atoms with Crippen LogP contribution in [0.2, 0.25) is 5.02 Å². The largest absolute Gasteiger partial charge is 0.454 e. The van der Waals surface area contributed by atoms with Crippen molar-refractivity contribution in [2.75, 3.05) is 11.9 Å². The summed E-state index contributed by atoms with van der Waals surface area (Å²) in [6, 6.07) is 14.6. The van der Waals surface area contributed by atoms with E-state index < -0.39 is 36.4 Å². The number of nitrogens with one attached hydrogen (secondary N) is 1. The SMILES string of the molecule is O=C(COC(=O)[C@H](Cc1ccccc1)N1C(=O)[C@@H]2[C@H](C1=O)[C@H]1C=C[C@H]2C1)Nc1cccc(Cl)c1. The summed E-state index contributed by atoms with van der Waals surface area (Å²) < 4.78 is 5.30. The number of fused-ring (bicyclic) bond motifs is 5. The van der Waals surface area contributed by atoms with Gasteiger partial charge >= 0.3 is 5.97 Å². The topological polar surface area (TPSA) is 92.8 Å². The third-order valence-electron chi connectivity index (χ3n) is 6.81. The molecule has 1 saturated heterocycles. The summed E-state index contributed by atoms with van der Waals surface area (Å²) in [6.45, 7) is -0.549. The summed E-state index contributed by atoms with van der Waals surface area (Å²) in [5.41, 5.74) is 1.25. The van der Waals surface area contributed by atoms with E-state index in [0.717, 1.165) is 16.9 Å². The molecule has 5 rings (SSSR count). The Morgan fingerprint density at radius 3 is 2.32 bits per heavy atom. The van der Waals surface area contributed by atoms with Gasteiger partial charge in [0.05, 0.1) is 11.8 Å². The Bertz CT molecular complexity index is 1150. The summed E-state index contributed by atoms with van der Waals surface area (Å²) in [4.78, 5) is 53.2. The molecule has 7 nitrogen and oxygen atoms in total. The van der Waals surface area contributed by atoms with Gasteiger partial charge in [0.2, 0.25) is 11.8 Å². The first kappa shape index (κ1) is 22.3. The van der Waals surface area contributed by atoms with Gasteiger partial charge in [-0.05, 0) is 42.0 Å². The van der Waals surface area contributed by atoms with Crippen LogP contribution in [0.3, 0.4) is 0 Å². The Morgan fingerprint density at radius 1 is 1.00 bits per heavy atom. The van der Waals surface area contributed by atoms with Crippen molar-refractivity contribution in [2.24, 2.45) is 23.7 Å². The second-order valence-electron chi connectivity index (χ2n) is 8.92. The highest BCUT2D eigenvalue weighted by atomic mass is 35.5. The highest BCUT2D eigenvalue weighted by Crippen LogP contribution is 2.53. The Hall–Kier alpha value is -3.45. The molecule has 2 fully saturated rings. The number of hydrogen-bond donors (Lipinski definition) is 1. The molecule has 1 heterocycles. The fourth-order valence-corrected chi connectivity index (χ4v) is 5.54. The molecule has 0 spiro atoms. The van der Waals surface area contributed by atoms with Gasteiger partial charge in [-0.2, -0.15) is 0 Å². The van der Waals surface area contributed by atoms with Gasteiger partial charge in [0.1, 0.15) is 6.04 Å². The number of carbonyl (C=O) groups is 4. The summed E-state index contributed by atoms with van der Waals surface area (Å²) in [5.74, 6) is -2.75. The lowest BCUT2D eigenvalue weighted by molar-refractivity contribution is -0.160. The first-order valence-corrected chi connectivity index (χ1v) is 11.6. The number of imide groups is 1. The number of rotatable bonds is 7. The van der Waals surface area contributed by atoms with Gasteiger partial charge in [-0.1, -0.05) is 60.2 Å². The van der Waals surface area contributed by atoms with Crippen LogP contribution in [0.15, 0.2) is 66.7 Å². The summed E-state index contributed by atoms with van der Waals surface area (Å²) in [7, 11) is 0. The van der Waals surface area contributed by atoms with Crippen LogP contribution in [-0.2, 0) is 30.3 Å². The van der Waals surface area contributed by atoms with Crippen molar-refractivity contribution in [2.45, 2.75) is 18.9 Å². The first-order chi connectivity index (χ1) is 16.4. The molecule has 2 bridgehead atoms. The Kier molecular flexibility index (Phi) is 5.96. The number of anilines is 1. The highest BCUT2D eigenvalue weighted by molar-refractivity contribution is 6.30. The molecule has 0 aromatic heterocycles. The Labute approximate surface area is 201 Å². The zero-order chi connectivity index (χ0) is 23.8. The van der Waals surface area contributed by atoms with E-state index in [4.69, 9.17) is 16.3 Å². The molecule has 2 aliphatic carbocycles. The molecule has 2 aromatic carbocycles. The summed E-state index contributed by atoms with van der Waals surface area (Å²) in [5, 5.41) is 3.07. The number of hydrogen-bond acceptors (Lipinski definition) is 5. The number of halogens is 1. The van der Waals surface area contributed by atoms with Crippen molar-refractivity contribution in [3.8, 4) is 0 Å². The molecule has 0 unspecified atom stereocenters. The molecule has 2 aromatic rings. The highest BCUT2D eigenvalue weighted by Gasteiger charge is 2.61. The lowest BCUT2D eigenvalue weighted by atomic mass is 9.85. The molecule has 34 heavy (non-hydrogen) atoms. The van der Waals surface area contributed by atoms with E-state index in [1.54, 1.807) is 24.3 Å². The summed E-state index contributed by atoms with van der Waals surface area (Å²) in [6.07, 6.45) is 4.93. The minimum atomic E-state index is -1.13. The van der Waals surface area contributed by atoms with E-state index in [9.17, 15) is 19.2 Å². The lowest BCUT2D eigenvalue weighted by Gasteiger charge is -2.26. The first-order valence-electron chi connectivity index (χ1n) is 11.2. The Morgan fingerprint density at radius 2 is 1.68 bits per heavy atom. The van der Waals surface area contributed by atoms with E-state index in [1.807, 2.05) is 42.5 Å². The van der Waals surface area contributed by atoms with E-state index in [1.165, 1.54) is 0 Å². The van der Waals surface area contributed by atoms with Crippen molar-refractivity contribution in [1.29, 1.82) is 0 Å². The average molecular weight is 479 g/mol. The maximum absolute atomic E-state index is 13.3.